The minimum atomic E-state index is -4.43. The third kappa shape index (κ3) is 4.99. The molecule has 1 aromatic carbocycles. The van der Waals surface area contributed by atoms with Gasteiger partial charge in [0.2, 0.25) is 5.91 Å². The Bertz CT molecular complexity index is 499. The summed E-state index contributed by atoms with van der Waals surface area (Å²) in [5, 5.41) is 5.92. The largest absolute Gasteiger partial charge is 0.416 e. The first-order chi connectivity index (χ1) is 10.5. The van der Waals surface area contributed by atoms with Crippen LogP contribution < -0.4 is 10.6 Å². The molecule has 1 saturated heterocycles. The van der Waals surface area contributed by atoms with E-state index < -0.39 is 11.7 Å². The first-order valence-corrected chi connectivity index (χ1v) is 7.31. The average molecular weight is 315 g/mol. The minimum absolute atomic E-state index is 0.00896. The first-order valence-electron chi connectivity index (χ1n) is 7.31. The Balaban J connectivity index is 1.82. The SMILES string of the molecule is O=C(Cc1ccccc1C(F)(F)F)NCCN1CCNCC1. The van der Waals surface area contributed by atoms with Crippen molar-refractivity contribution in [2.75, 3.05) is 39.3 Å². The fourth-order valence-corrected chi connectivity index (χ4v) is 2.47. The van der Waals surface area contributed by atoms with Gasteiger partial charge < -0.3 is 10.6 Å². The highest BCUT2D eigenvalue weighted by Crippen LogP contribution is 2.31. The lowest BCUT2D eigenvalue weighted by molar-refractivity contribution is -0.138. The molecule has 2 rings (SSSR count). The lowest BCUT2D eigenvalue weighted by Crippen LogP contribution is -2.46. The normalized spacial score (nSPS) is 16.5. The number of nitrogens with zero attached hydrogens (tertiary/aromatic N) is 1. The fraction of sp³-hybridized carbons (Fsp3) is 0.533. The molecular formula is C15H20F3N3O. The molecule has 0 unspecified atom stereocenters. The summed E-state index contributed by atoms with van der Waals surface area (Å²) in [4.78, 5) is 14.0. The predicted octanol–water partition coefficient (Wildman–Crippen LogP) is 1.27. The summed E-state index contributed by atoms with van der Waals surface area (Å²) in [7, 11) is 0. The Morgan fingerprint density at radius 2 is 1.91 bits per heavy atom. The maximum Gasteiger partial charge on any atom is 0.416 e. The van der Waals surface area contributed by atoms with Crippen molar-refractivity contribution in [2.24, 2.45) is 0 Å². The van der Waals surface area contributed by atoms with Crippen LogP contribution in [0.15, 0.2) is 24.3 Å². The molecule has 1 amide bonds. The molecule has 0 atom stereocenters. The van der Waals surface area contributed by atoms with Crippen LogP contribution in [0.25, 0.3) is 0 Å². The zero-order chi connectivity index (χ0) is 16.0. The number of halogens is 3. The van der Waals surface area contributed by atoms with Crippen LogP contribution >= 0.6 is 0 Å². The highest BCUT2D eigenvalue weighted by Gasteiger charge is 2.33. The molecule has 1 aromatic rings. The summed E-state index contributed by atoms with van der Waals surface area (Å²) in [6, 6.07) is 5.19. The van der Waals surface area contributed by atoms with Crippen LogP contribution in [0.5, 0.6) is 0 Å². The van der Waals surface area contributed by atoms with E-state index in [0.717, 1.165) is 32.2 Å². The van der Waals surface area contributed by atoms with Crippen molar-refractivity contribution in [1.82, 2.24) is 15.5 Å². The van der Waals surface area contributed by atoms with Crippen LogP contribution in [0.3, 0.4) is 0 Å². The lowest BCUT2D eigenvalue weighted by Gasteiger charge is -2.27. The molecule has 0 radical (unpaired) electrons. The van der Waals surface area contributed by atoms with E-state index in [1.54, 1.807) is 0 Å². The summed E-state index contributed by atoms with van der Waals surface area (Å²) in [5.41, 5.74) is -0.734. The van der Waals surface area contributed by atoms with Gasteiger partial charge in [-0.15, -0.1) is 0 Å². The molecule has 0 saturated carbocycles. The first kappa shape index (κ1) is 16.8. The molecule has 22 heavy (non-hydrogen) atoms. The van der Waals surface area contributed by atoms with Crippen molar-refractivity contribution in [3.8, 4) is 0 Å². The number of nitrogens with one attached hydrogen (secondary N) is 2. The second kappa shape index (κ2) is 7.60. The maximum absolute atomic E-state index is 12.8. The molecule has 1 aliphatic heterocycles. The van der Waals surface area contributed by atoms with Gasteiger partial charge in [0, 0.05) is 39.3 Å². The molecule has 1 heterocycles. The van der Waals surface area contributed by atoms with Gasteiger partial charge in [-0.3, -0.25) is 9.69 Å². The van der Waals surface area contributed by atoms with Gasteiger partial charge in [0.1, 0.15) is 0 Å². The molecule has 4 nitrogen and oxygen atoms in total. The van der Waals surface area contributed by atoms with Crippen LogP contribution in [0.2, 0.25) is 0 Å². The van der Waals surface area contributed by atoms with Gasteiger partial charge in [0.05, 0.1) is 12.0 Å². The highest BCUT2D eigenvalue weighted by atomic mass is 19.4. The van der Waals surface area contributed by atoms with Gasteiger partial charge in [-0.25, -0.2) is 0 Å². The molecule has 0 aromatic heterocycles. The molecule has 1 fully saturated rings. The zero-order valence-electron chi connectivity index (χ0n) is 12.2. The Hall–Kier alpha value is -1.60. The number of hydrogen-bond acceptors (Lipinski definition) is 3. The molecule has 0 aliphatic carbocycles. The average Bonchev–Trinajstić information content (AvgIpc) is 2.48. The van der Waals surface area contributed by atoms with Crippen LogP contribution in [-0.4, -0.2) is 50.1 Å². The summed E-state index contributed by atoms with van der Waals surface area (Å²) < 4.78 is 38.5. The van der Waals surface area contributed by atoms with Gasteiger partial charge >= 0.3 is 6.18 Å². The number of piperazine rings is 1. The van der Waals surface area contributed by atoms with Crippen LogP contribution in [-0.2, 0) is 17.4 Å². The van der Waals surface area contributed by atoms with E-state index in [4.69, 9.17) is 0 Å². The van der Waals surface area contributed by atoms with Crippen molar-refractivity contribution in [3.05, 3.63) is 35.4 Å². The van der Waals surface area contributed by atoms with Gasteiger partial charge in [-0.1, -0.05) is 18.2 Å². The topological polar surface area (TPSA) is 44.4 Å². The molecule has 1 aliphatic rings. The van der Waals surface area contributed by atoms with Gasteiger partial charge in [0.25, 0.3) is 0 Å². The molecular weight excluding hydrogens is 295 g/mol. The van der Waals surface area contributed by atoms with E-state index in [1.165, 1.54) is 18.2 Å². The monoisotopic (exact) mass is 315 g/mol. The van der Waals surface area contributed by atoms with Crippen LogP contribution in [0, 0.1) is 0 Å². The Labute approximate surface area is 127 Å². The summed E-state index contributed by atoms with van der Waals surface area (Å²) in [6.07, 6.45) is -4.69. The van der Waals surface area contributed by atoms with E-state index in [2.05, 4.69) is 15.5 Å². The van der Waals surface area contributed by atoms with Crippen molar-refractivity contribution >= 4 is 5.91 Å². The lowest BCUT2D eigenvalue weighted by atomic mass is 10.0. The molecule has 2 N–H and O–H groups in total. The van der Waals surface area contributed by atoms with Crippen LogP contribution in [0.1, 0.15) is 11.1 Å². The summed E-state index contributed by atoms with van der Waals surface area (Å²) in [5.74, 6) is -0.383. The van der Waals surface area contributed by atoms with E-state index in [9.17, 15) is 18.0 Å². The number of hydrogen-bond donors (Lipinski definition) is 2. The van der Waals surface area contributed by atoms with E-state index in [-0.39, 0.29) is 17.9 Å². The van der Waals surface area contributed by atoms with Crippen molar-refractivity contribution in [3.63, 3.8) is 0 Å². The van der Waals surface area contributed by atoms with Crippen molar-refractivity contribution < 1.29 is 18.0 Å². The molecule has 122 valence electrons. The van der Waals surface area contributed by atoms with Gasteiger partial charge in [-0.2, -0.15) is 13.2 Å². The van der Waals surface area contributed by atoms with Crippen LogP contribution in [0.4, 0.5) is 13.2 Å². The standard InChI is InChI=1S/C15H20F3N3O/c16-15(17,18)13-4-2-1-3-12(13)11-14(22)20-7-10-21-8-5-19-6-9-21/h1-4,19H,5-11H2,(H,20,22). The van der Waals surface area contributed by atoms with Crippen molar-refractivity contribution in [2.45, 2.75) is 12.6 Å². The van der Waals surface area contributed by atoms with Crippen molar-refractivity contribution in [1.29, 1.82) is 0 Å². The number of benzene rings is 1. The second-order valence-corrected chi connectivity index (χ2v) is 5.27. The number of amides is 1. The summed E-state index contributed by atoms with van der Waals surface area (Å²) >= 11 is 0. The summed E-state index contributed by atoms with van der Waals surface area (Å²) in [6.45, 7) is 4.86. The third-order valence-corrected chi connectivity index (χ3v) is 3.63. The maximum atomic E-state index is 12.8. The number of alkyl halides is 3. The quantitative estimate of drug-likeness (QED) is 0.860. The highest BCUT2D eigenvalue weighted by molar-refractivity contribution is 5.79. The van der Waals surface area contributed by atoms with E-state index >= 15 is 0 Å². The predicted molar refractivity (Wildman–Crippen MR) is 77.5 cm³/mol. The molecule has 0 spiro atoms. The van der Waals surface area contributed by atoms with Gasteiger partial charge in [-0.05, 0) is 11.6 Å². The number of carbonyl (C=O) groups is 1. The minimum Gasteiger partial charge on any atom is -0.355 e. The molecule has 0 bridgehead atoms. The van der Waals surface area contributed by atoms with E-state index in [0.29, 0.717) is 13.1 Å². The number of rotatable bonds is 5. The Kier molecular flexibility index (Phi) is 5.79. The van der Waals surface area contributed by atoms with E-state index in [1.807, 2.05) is 0 Å². The zero-order valence-corrected chi connectivity index (χ0v) is 12.2. The molecule has 7 heteroatoms. The fourth-order valence-electron chi connectivity index (χ4n) is 2.47. The third-order valence-electron chi connectivity index (χ3n) is 3.63. The number of carbonyl (C=O) groups excluding carboxylic acids is 1. The second-order valence-electron chi connectivity index (χ2n) is 5.27. The smallest absolute Gasteiger partial charge is 0.355 e. The Morgan fingerprint density at radius 1 is 1.23 bits per heavy atom. The Morgan fingerprint density at radius 3 is 2.59 bits per heavy atom. The van der Waals surface area contributed by atoms with Gasteiger partial charge in [0.15, 0.2) is 0 Å².